The molecule has 0 spiro atoms. The maximum absolute atomic E-state index is 13.4. The number of pyridine rings is 1. The van der Waals surface area contributed by atoms with Crippen LogP contribution in [0.15, 0.2) is 89.7 Å². The predicted molar refractivity (Wildman–Crippen MR) is 142 cm³/mol. The molecule has 1 aromatic heterocycles. The van der Waals surface area contributed by atoms with Gasteiger partial charge in [-0.2, -0.15) is 0 Å². The number of carbonyl (C=O) groups is 2. The minimum absolute atomic E-state index is 0.0264. The lowest BCUT2D eigenvalue weighted by atomic mass is 9.83. The lowest BCUT2D eigenvalue weighted by molar-refractivity contribution is -0.118. The van der Waals surface area contributed by atoms with Gasteiger partial charge in [-0.1, -0.05) is 48.5 Å². The molecule has 6 rings (SSSR count). The fourth-order valence-corrected chi connectivity index (χ4v) is 5.56. The van der Waals surface area contributed by atoms with Crippen LogP contribution in [-0.4, -0.2) is 41.0 Å². The summed E-state index contributed by atoms with van der Waals surface area (Å²) in [6.45, 7) is 1.52. The first kappa shape index (κ1) is 23.0. The molecule has 0 aliphatic carbocycles. The molecule has 3 heterocycles. The van der Waals surface area contributed by atoms with E-state index in [4.69, 9.17) is 4.74 Å². The number of nitrogens with one attached hydrogen (secondary N) is 1. The number of amides is 2. The second-order valence-electron chi connectivity index (χ2n) is 9.81. The summed E-state index contributed by atoms with van der Waals surface area (Å²) in [5.74, 6) is 0.495. The first-order valence-electron chi connectivity index (χ1n) is 12.5. The second kappa shape index (κ2) is 9.58. The van der Waals surface area contributed by atoms with E-state index in [-0.39, 0.29) is 41.5 Å². The summed E-state index contributed by atoms with van der Waals surface area (Å²) in [6.07, 6.45) is 0.942. The van der Waals surface area contributed by atoms with E-state index in [1.54, 1.807) is 22.8 Å². The number of nitrogens with zero attached hydrogens (tertiary/aromatic N) is 2. The summed E-state index contributed by atoms with van der Waals surface area (Å²) >= 11 is 0. The van der Waals surface area contributed by atoms with Crippen molar-refractivity contribution in [2.24, 2.45) is 5.92 Å². The van der Waals surface area contributed by atoms with Gasteiger partial charge >= 0.3 is 0 Å². The minimum atomic E-state index is -0.385. The number of likely N-dealkylation sites (tertiary alicyclic amines) is 1. The molecular formula is C30H27N3O4. The Balaban J connectivity index is 1.17. The first-order chi connectivity index (χ1) is 18.0. The van der Waals surface area contributed by atoms with Crippen LogP contribution in [0.4, 0.5) is 5.69 Å². The van der Waals surface area contributed by atoms with E-state index in [2.05, 4.69) is 5.32 Å². The Morgan fingerprint density at radius 2 is 1.65 bits per heavy atom. The molecule has 2 aliphatic heterocycles. The van der Waals surface area contributed by atoms with E-state index in [9.17, 15) is 14.4 Å². The molecule has 2 amide bonds. The third-order valence-corrected chi connectivity index (χ3v) is 7.28. The number of anilines is 1. The highest BCUT2D eigenvalue weighted by molar-refractivity contribution is 5.98. The van der Waals surface area contributed by atoms with Gasteiger partial charge in [0.05, 0.1) is 0 Å². The number of hydrogen-bond donors (Lipinski definition) is 1. The van der Waals surface area contributed by atoms with E-state index in [0.29, 0.717) is 30.9 Å². The van der Waals surface area contributed by atoms with Gasteiger partial charge < -0.3 is 19.5 Å². The minimum Gasteiger partial charge on any atom is -0.484 e. The van der Waals surface area contributed by atoms with Gasteiger partial charge in [-0.05, 0) is 59.5 Å². The number of aromatic nitrogens is 1. The van der Waals surface area contributed by atoms with Gasteiger partial charge in [-0.3, -0.25) is 14.4 Å². The highest BCUT2D eigenvalue weighted by Crippen LogP contribution is 2.36. The van der Waals surface area contributed by atoms with Gasteiger partial charge in [0, 0.05) is 36.8 Å². The molecule has 4 aromatic rings. The summed E-state index contributed by atoms with van der Waals surface area (Å²) in [5.41, 5.74) is 1.63. The van der Waals surface area contributed by atoms with Crippen LogP contribution in [-0.2, 0) is 11.3 Å². The lowest BCUT2D eigenvalue weighted by Gasteiger charge is -2.43. The van der Waals surface area contributed by atoms with E-state index >= 15 is 0 Å². The predicted octanol–water partition coefficient (Wildman–Crippen LogP) is 4.28. The lowest BCUT2D eigenvalue weighted by Crippen LogP contribution is -2.49. The number of piperidine rings is 1. The molecule has 1 N–H and O–H groups in total. The van der Waals surface area contributed by atoms with E-state index in [1.165, 1.54) is 0 Å². The van der Waals surface area contributed by atoms with E-state index < -0.39 is 0 Å². The van der Waals surface area contributed by atoms with Crippen molar-refractivity contribution in [1.29, 1.82) is 0 Å². The average Bonchev–Trinajstić information content (AvgIpc) is 2.93. The molecule has 1 fully saturated rings. The Hall–Kier alpha value is -4.39. The van der Waals surface area contributed by atoms with Crippen molar-refractivity contribution in [2.75, 3.05) is 25.0 Å². The van der Waals surface area contributed by atoms with Crippen LogP contribution in [0.1, 0.15) is 28.4 Å². The maximum atomic E-state index is 13.4. The van der Waals surface area contributed by atoms with Crippen LogP contribution >= 0.6 is 0 Å². The molecule has 7 nitrogen and oxygen atoms in total. The molecular weight excluding hydrogens is 466 g/mol. The van der Waals surface area contributed by atoms with Gasteiger partial charge in [0.1, 0.15) is 11.4 Å². The maximum Gasteiger partial charge on any atom is 0.274 e. The average molecular weight is 494 g/mol. The highest BCUT2D eigenvalue weighted by Gasteiger charge is 2.37. The molecule has 2 unspecified atom stereocenters. The Bertz CT molecular complexity index is 1550. The number of ether oxygens (including phenoxy) is 1. The van der Waals surface area contributed by atoms with Gasteiger partial charge in [0.25, 0.3) is 17.4 Å². The third kappa shape index (κ3) is 4.60. The number of fused-ring (bicyclic) bond motifs is 5. The topological polar surface area (TPSA) is 80.6 Å². The van der Waals surface area contributed by atoms with Crippen molar-refractivity contribution >= 4 is 28.3 Å². The van der Waals surface area contributed by atoms with Gasteiger partial charge in [-0.25, -0.2) is 0 Å². The molecule has 2 atom stereocenters. The summed E-state index contributed by atoms with van der Waals surface area (Å²) in [6, 6.07) is 26.5. The van der Waals surface area contributed by atoms with Crippen molar-refractivity contribution in [2.45, 2.75) is 18.9 Å². The number of benzene rings is 3. The third-order valence-electron chi connectivity index (χ3n) is 7.28. The summed E-state index contributed by atoms with van der Waals surface area (Å²) in [7, 11) is 0. The van der Waals surface area contributed by atoms with E-state index in [1.807, 2.05) is 71.6 Å². The van der Waals surface area contributed by atoms with E-state index in [0.717, 1.165) is 22.9 Å². The van der Waals surface area contributed by atoms with Crippen molar-refractivity contribution in [3.63, 3.8) is 0 Å². The zero-order valence-corrected chi connectivity index (χ0v) is 20.3. The first-order valence-corrected chi connectivity index (χ1v) is 12.5. The molecule has 186 valence electrons. The van der Waals surface area contributed by atoms with Crippen LogP contribution in [0.3, 0.4) is 0 Å². The quantitative estimate of drug-likeness (QED) is 0.450. The molecule has 3 aromatic carbocycles. The summed E-state index contributed by atoms with van der Waals surface area (Å²) in [5, 5.41) is 4.85. The van der Waals surface area contributed by atoms with Gasteiger partial charge in [0.15, 0.2) is 6.61 Å². The van der Waals surface area contributed by atoms with Crippen molar-refractivity contribution in [3.8, 4) is 5.75 Å². The fraction of sp³-hybridized carbons (Fsp3) is 0.233. The Morgan fingerprint density at radius 1 is 0.865 bits per heavy atom. The zero-order valence-electron chi connectivity index (χ0n) is 20.3. The monoisotopic (exact) mass is 493 g/mol. The molecule has 1 saturated heterocycles. The molecule has 0 radical (unpaired) electrons. The smallest absolute Gasteiger partial charge is 0.274 e. The Kier molecular flexibility index (Phi) is 5.96. The van der Waals surface area contributed by atoms with Crippen molar-refractivity contribution < 1.29 is 14.3 Å². The molecule has 2 bridgehead atoms. The Labute approximate surface area is 214 Å². The molecule has 7 heteroatoms. The SMILES string of the molecule is O=C(COc1ccccc1)Nc1ccc2n(c1=O)CC1CC2CN(C(=O)c2ccc3ccccc3c2)C1. The zero-order chi connectivity index (χ0) is 25.4. The molecule has 37 heavy (non-hydrogen) atoms. The normalized spacial score (nSPS) is 18.2. The second-order valence-corrected chi connectivity index (χ2v) is 9.81. The van der Waals surface area contributed by atoms with Gasteiger partial charge in [-0.15, -0.1) is 0 Å². The Morgan fingerprint density at radius 3 is 2.49 bits per heavy atom. The standard InChI is InChI=1S/C30H27N3O4/c34-28(19-37-25-8-2-1-3-9-25)31-26-12-13-27-24-14-20(17-33(27)30(26)36)16-32(18-24)29(35)23-11-10-21-6-4-5-7-22(21)15-23/h1-13,15,20,24H,14,16-19H2,(H,31,34). The van der Waals surface area contributed by atoms with Crippen LogP contribution in [0, 0.1) is 5.92 Å². The number of rotatable bonds is 5. The van der Waals surface area contributed by atoms with Gasteiger partial charge in [0.2, 0.25) is 0 Å². The van der Waals surface area contributed by atoms with Crippen LogP contribution in [0.2, 0.25) is 0 Å². The van der Waals surface area contributed by atoms with Crippen molar-refractivity contribution in [1.82, 2.24) is 9.47 Å². The fourth-order valence-electron chi connectivity index (χ4n) is 5.56. The number of hydrogen-bond acceptors (Lipinski definition) is 4. The van der Waals surface area contributed by atoms with Crippen LogP contribution in [0.25, 0.3) is 10.8 Å². The highest BCUT2D eigenvalue weighted by atomic mass is 16.5. The summed E-state index contributed by atoms with van der Waals surface area (Å²) < 4.78 is 7.26. The van der Waals surface area contributed by atoms with Crippen LogP contribution < -0.4 is 15.6 Å². The molecule has 2 aliphatic rings. The van der Waals surface area contributed by atoms with Crippen molar-refractivity contribution in [3.05, 3.63) is 107 Å². The largest absolute Gasteiger partial charge is 0.484 e. The summed E-state index contributed by atoms with van der Waals surface area (Å²) in [4.78, 5) is 41.0. The van der Waals surface area contributed by atoms with Crippen LogP contribution in [0.5, 0.6) is 5.75 Å². The number of para-hydroxylation sites is 1. The number of carbonyl (C=O) groups excluding carboxylic acids is 2. The molecule has 0 saturated carbocycles.